The molecule has 0 fully saturated rings. The van der Waals surface area contributed by atoms with Gasteiger partial charge in [0.2, 0.25) is 0 Å². The number of halogens is 1. The molecule has 8 nitrogen and oxygen atoms in total. The zero-order valence-corrected chi connectivity index (χ0v) is 17.5. The van der Waals surface area contributed by atoms with E-state index in [9.17, 15) is 18.3 Å². The first kappa shape index (κ1) is 23.0. The van der Waals surface area contributed by atoms with Crippen molar-refractivity contribution in [1.29, 1.82) is 0 Å². The number of hydrogen-bond donors (Lipinski definition) is 3. The van der Waals surface area contributed by atoms with Crippen LogP contribution in [0.25, 0.3) is 0 Å². The molecule has 2 rings (SSSR count). The van der Waals surface area contributed by atoms with E-state index in [0.29, 0.717) is 16.5 Å². The molecule has 0 spiro atoms. The summed E-state index contributed by atoms with van der Waals surface area (Å²) in [6.07, 6.45) is -1.15. The van der Waals surface area contributed by atoms with E-state index < -0.39 is 28.1 Å². The van der Waals surface area contributed by atoms with Gasteiger partial charge < -0.3 is 20.3 Å². The van der Waals surface area contributed by atoms with E-state index in [1.165, 1.54) is 38.3 Å². The number of benzene rings is 2. The summed E-state index contributed by atoms with van der Waals surface area (Å²) in [6, 6.07) is 11.1. The van der Waals surface area contributed by atoms with Crippen LogP contribution in [-0.2, 0) is 14.8 Å². The lowest BCUT2D eigenvalue weighted by molar-refractivity contribution is -0.139. The van der Waals surface area contributed by atoms with Crippen molar-refractivity contribution < 1.29 is 28.2 Å². The Morgan fingerprint density at radius 1 is 1.17 bits per heavy atom. The van der Waals surface area contributed by atoms with Crippen molar-refractivity contribution in [3.63, 3.8) is 0 Å². The molecule has 0 radical (unpaired) electrons. The number of sulfonamides is 1. The second-order valence-corrected chi connectivity index (χ2v) is 8.61. The second-order valence-electron chi connectivity index (χ2n) is 6.31. The number of nitrogens with zero attached hydrogens (tertiary/aromatic N) is 1. The van der Waals surface area contributed by atoms with E-state index in [1.54, 1.807) is 24.3 Å². The number of rotatable bonds is 10. The molecular weight excluding hydrogens is 420 g/mol. The van der Waals surface area contributed by atoms with Crippen LogP contribution in [0.1, 0.15) is 6.92 Å². The summed E-state index contributed by atoms with van der Waals surface area (Å²) in [7, 11) is -2.51. The van der Waals surface area contributed by atoms with Gasteiger partial charge in [0, 0.05) is 11.6 Å². The SMILES string of the molecule is COc1ccc(N(C[C@@H](O)CN[C@H](C)C(=O)O)S(=O)(=O)c2ccc(Cl)cc2)cc1. The number of methoxy groups -OCH3 is 1. The number of aliphatic carboxylic acids is 1. The average Bonchev–Trinajstić information content (AvgIpc) is 2.70. The molecule has 2 aromatic carbocycles. The van der Waals surface area contributed by atoms with Gasteiger partial charge in [0.15, 0.2) is 0 Å². The predicted molar refractivity (Wildman–Crippen MR) is 110 cm³/mol. The molecule has 0 aromatic heterocycles. The highest BCUT2D eigenvalue weighted by Gasteiger charge is 2.27. The highest BCUT2D eigenvalue weighted by molar-refractivity contribution is 7.92. The number of carboxylic acids is 1. The zero-order valence-electron chi connectivity index (χ0n) is 15.9. The molecule has 0 aliphatic heterocycles. The second kappa shape index (κ2) is 9.93. The van der Waals surface area contributed by atoms with Crippen molar-refractivity contribution in [2.75, 3.05) is 24.5 Å². The van der Waals surface area contributed by atoms with Gasteiger partial charge in [-0.3, -0.25) is 9.10 Å². The first-order valence-electron chi connectivity index (χ1n) is 8.71. The lowest BCUT2D eigenvalue weighted by Crippen LogP contribution is -2.45. The molecule has 0 aliphatic carbocycles. The molecule has 0 heterocycles. The van der Waals surface area contributed by atoms with E-state index >= 15 is 0 Å². The predicted octanol–water partition coefficient (Wildman–Crippen LogP) is 1.97. The fourth-order valence-corrected chi connectivity index (χ4v) is 4.11. The minimum atomic E-state index is -4.01. The van der Waals surface area contributed by atoms with Crippen LogP contribution in [0.2, 0.25) is 5.02 Å². The molecule has 2 aromatic rings. The van der Waals surface area contributed by atoms with Crippen molar-refractivity contribution in [3.8, 4) is 5.75 Å². The molecule has 0 aliphatic rings. The van der Waals surface area contributed by atoms with E-state index in [-0.39, 0.29) is 18.0 Å². The monoisotopic (exact) mass is 442 g/mol. The van der Waals surface area contributed by atoms with Crippen LogP contribution in [0.5, 0.6) is 5.75 Å². The summed E-state index contributed by atoms with van der Waals surface area (Å²) >= 11 is 5.85. The molecule has 3 N–H and O–H groups in total. The van der Waals surface area contributed by atoms with Gasteiger partial charge in [0.1, 0.15) is 11.8 Å². The minimum Gasteiger partial charge on any atom is -0.497 e. The molecule has 0 unspecified atom stereocenters. The van der Waals surface area contributed by atoms with Gasteiger partial charge in [-0.25, -0.2) is 8.42 Å². The third-order valence-electron chi connectivity index (χ3n) is 4.17. The molecule has 0 bridgehead atoms. The van der Waals surface area contributed by atoms with Crippen LogP contribution in [0.4, 0.5) is 5.69 Å². The van der Waals surface area contributed by atoms with Gasteiger partial charge in [0.05, 0.1) is 30.3 Å². The summed E-state index contributed by atoms with van der Waals surface area (Å²) in [6.45, 7) is 1.05. The van der Waals surface area contributed by atoms with Crippen molar-refractivity contribution >= 4 is 33.3 Å². The number of carboxylic acid groups (broad SMARTS) is 1. The fraction of sp³-hybridized carbons (Fsp3) is 0.316. The Kier molecular flexibility index (Phi) is 7.86. The van der Waals surface area contributed by atoms with E-state index in [2.05, 4.69) is 5.32 Å². The third-order valence-corrected chi connectivity index (χ3v) is 6.23. The zero-order chi connectivity index (χ0) is 21.6. The molecule has 29 heavy (non-hydrogen) atoms. The van der Waals surface area contributed by atoms with Crippen LogP contribution in [0, 0.1) is 0 Å². The first-order chi connectivity index (χ1) is 13.6. The Bertz CT molecular complexity index is 919. The average molecular weight is 443 g/mol. The molecule has 0 saturated carbocycles. The van der Waals surface area contributed by atoms with E-state index in [4.69, 9.17) is 21.4 Å². The fourth-order valence-electron chi connectivity index (χ4n) is 2.48. The summed E-state index contributed by atoms with van der Waals surface area (Å²) in [5.41, 5.74) is 0.325. The molecule has 10 heteroatoms. The molecule has 0 amide bonds. The summed E-state index contributed by atoms with van der Waals surface area (Å²) in [4.78, 5) is 10.9. The highest BCUT2D eigenvalue weighted by Crippen LogP contribution is 2.26. The Labute approximate surface area is 174 Å². The smallest absolute Gasteiger partial charge is 0.320 e. The topological polar surface area (TPSA) is 116 Å². The van der Waals surface area contributed by atoms with Gasteiger partial charge in [-0.2, -0.15) is 0 Å². The number of aliphatic hydroxyl groups excluding tert-OH is 1. The largest absolute Gasteiger partial charge is 0.497 e. The van der Waals surface area contributed by atoms with Gasteiger partial charge in [-0.05, 0) is 55.5 Å². The number of anilines is 1. The first-order valence-corrected chi connectivity index (χ1v) is 10.5. The maximum Gasteiger partial charge on any atom is 0.320 e. The van der Waals surface area contributed by atoms with Crippen LogP contribution in [-0.4, -0.2) is 56.9 Å². The van der Waals surface area contributed by atoms with E-state index in [0.717, 1.165) is 4.31 Å². The lowest BCUT2D eigenvalue weighted by atomic mass is 10.2. The molecule has 158 valence electrons. The highest BCUT2D eigenvalue weighted by atomic mass is 35.5. The van der Waals surface area contributed by atoms with Crippen LogP contribution in [0.15, 0.2) is 53.4 Å². The maximum atomic E-state index is 13.2. The Morgan fingerprint density at radius 3 is 2.28 bits per heavy atom. The number of ether oxygens (including phenoxy) is 1. The number of nitrogens with one attached hydrogen (secondary N) is 1. The Balaban J connectivity index is 2.32. The van der Waals surface area contributed by atoms with Crippen molar-refractivity contribution in [2.24, 2.45) is 0 Å². The van der Waals surface area contributed by atoms with Gasteiger partial charge in [0.25, 0.3) is 10.0 Å². The number of hydrogen-bond acceptors (Lipinski definition) is 6. The summed E-state index contributed by atoms with van der Waals surface area (Å²) < 4.78 is 32.6. The van der Waals surface area contributed by atoms with Crippen molar-refractivity contribution in [1.82, 2.24) is 5.32 Å². The van der Waals surface area contributed by atoms with Crippen molar-refractivity contribution in [2.45, 2.75) is 24.0 Å². The van der Waals surface area contributed by atoms with Crippen LogP contribution < -0.4 is 14.4 Å². The molecular formula is C19H23ClN2O6S. The standard InChI is InChI=1S/C19H23ClN2O6S/c1-13(19(24)25)21-11-16(23)12-22(15-5-7-17(28-2)8-6-15)29(26,27)18-9-3-14(20)4-10-18/h3-10,13,16,21,23H,11-12H2,1-2H3,(H,24,25)/t13-,16+/m1/s1. The van der Waals surface area contributed by atoms with Crippen LogP contribution >= 0.6 is 11.6 Å². The van der Waals surface area contributed by atoms with Crippen LogP contribution in [0.3, 0.4) is 0 Å². The molecule has 0 saturated heterocycles. The van der Waals surface area contributed by atoms with Gasteiger partial charge in [-0.15, -0.1) is 0 Å². The normalized spacial score (nSPS) is 13.5. The minimum absolute atomic E-state index is 0.0109. The Hall–Kier alpha value is -2.33. The molecule has 2 atom stereocenters. The quantitative estimate of drug-likeness (QED) is 0.515. The van der Waals surface area contributed by atoms with Gasteiger partial charge >= 0.3 is 5.97 Å². The van der Waals surface area contributed by atoms with Gasteiger partial charge in [-0.1, -0.05) is 11.6 Å². The number of aliphatic hydroxyl groups is 1. The third kappa shape index (κ3) is 6.07. The summed E-state index contributed by atoms with van der Waals surface area (Å²) in [5, 5.41) is 22.3. The van der Waals surface area contributed by atoms with Crippen molar-refractivity contribution in [3.05, 3.63) is 53.6 Å². The Morgan fingerprint density at radius 2 is 1.76 bits per heavy atom. The number of carbonyl (C=O) groups is 1. The maximum absolute atomic E-state index is 13.2. The van der Waals surface area contributed by atoms with E-state index in [1.807, 2.05) is 0 Å². The lowest BCUT2D eigenvalue weighted by Gasteiger charge is -2.27. The summed E-state index contributed by atoms with van der Waals surface area (Å²) in [5.74, 6) is -0.520.